The van der Waals surface area contributed by atoms with Crippen molar-refractivity contribution >= 4 is 33.2 Å². The topological polar surface area (TPSA) is 32.3 Å². The molecule has 0 radical (unpaired) electrons. The minimum absolute atomic E-state index is 0.131. The van der Waals surface area contributed by atoms with E-state index in [0.29, 0.717) is 0 Å². The molecular weight excluding hydrogens is 300 g/mol. The van der Waals surface area contributed by atoms with Crippen molar-refractivity contribution < 1.29 is 4.79 Å². The number of hydrogen-bond donors (Lipinski definition) is 1. The number of nitrogens with zero attached hydrogens (tertiary/aromatic N) is 1. The molecular formula is C12H19BrN2OS. The predicted molar refractivity (Wildman–Crippen MR) is 76.2 cm³/mol. The molecule has 1 rings (SSSR count). The summed E-state index contributed by atoms with van der Waals surface area (Å²) in [6.45, 7) is 8.20. The first-order chi connectivity index (χ1) is 8.08. The van der Waals surface area contributed by atoms with Gasteiger partial charge in [0, 0.05) is 19.6 Å². The summed E-state index contributed by atoms with van der Waals surface area (Å²) in [7, 11) is 0. The van der Waals surface area contributed by atoms with Crippen LogP contribution in [-0.4, -0.2) is 29.9 Å². The maximum absolute atomic E-state index is 12.0. The summed E-state index contributed by atoms with van der Waals surface area (Å²) in [5.74, 6) is 0.171. The largest absolute Gasteiger partial charge is 0.342 e. The van der Waals surface area contributed by atoms with Crippen molar-refractivity contribution in [2.45, 2.75) is 33.4 Å². The molecule has 0 aliphatic carbocycles. The van der Waals surface area contributed by atoms with Crippen LogP contribution in [0.2, 0.25) is 0 Å². The molecule has 0 saturated heterocycles. The lowest BCUT2D eigenvalue weighted by atomic mass is 10.2. The van der Waals surface area contributed by atoms with E-state index in [2.05, 4.69) is 32.7 Å². The molecule has 96 valence electrons. The van der Waals surface area contributed by atoms with Crippen molar-refractivity contribution in [3.63, 3.8) is 0 Å². The van der Waals surface area contributed by atoms with Crippen LogP contribution in [0.5, 0.6) is 0 Å². The van der Waals surface area contributed by atoms with Crippen molar-refractivity contribution in [2.24, 2.45) is 0 Å². The van der Waals surface area contributed by atoms with E-state index in [4.69, 9.17) is 0 Å². The summed E-state index contributed by atoms with van der Waals surface area (Å²) in [5.41, 5.74) is 1.21. The Balaban J connectivity index is 2.43. The number of likely N-dealkylation sites (N-methyl/N-ethyl adjacent to an activating group) is 1. The number of rotatable bonds is 6. The fourth-order valence-electron chi connectivity index (χ4n) is 1.61. The lowest BCUT2D eigenvalue weighted by molar-refractivity contribution is -0.132. The van der Waals surface area contributed by atoms with E-state index >= 15 is 0 Å². The van der Waals surface area contributed by atoms with E-state index in [1.807, 2.05) is 25.7 Å². The molecule has 1 unspecified atom stereocenters. The molecule has 0 bridgehead atoms. The first-order valence-electron chi connectivity index (χ1n) is 5.83. The second kappa shape index (κ2) is 7.13. The molecule has 1 aromatic rings. The molecule has 3 nitrogen and oxygen atoms in total. The van der Waals surface area contributed by atoms with Crippen LogP contribution in [0.4, 0.5) is 0 Å². The monoisotopic (exact) mass is 318 g/mol. The Hall–Kier alpha value is -0.390. The summed E-state index contributed by atoms with van der Waals surface area (Å²) >= 11 is 5.09. The van der Waals surface area contributed by atoms with Crippen LogP contribution in [-0.2, 0) is 11.3 Å². The minimum atomic E-state index is -0.131. The molecule has 1 N–H and O–H groups in total. The number of halogens is 1. The van der Waals surface area contributed by atoms with Gasteiger partial charge in [0.1, 0.15) is 0 Å². The normalized spacial score (nSPS) is 12.5. The fourth-order valence-corrected chi connectivity index (χ4v) is 2.82. The van der Waals surface area contributed by atoms with Gasteiger partial charge in [0.05, 0.1) is 9.83 Å². The number of hydrogen-bond acceptors (Lipinski definition) is 3. The van der Waals surface area contributed by atoms with E-state index < -0.39 is 0 Å². The summed E-state index contributed by atoms with van der Waals surface area (Å²) < 4.78 is 1.12. The maximum Gasteiger partial charge on any atom is 0.239 e. The Morgan fingerprint density at radius 1 is 1.53 bits per heavy atom. The molecule has 1 amide bonds. The summed E-state index contributed by atoms with van der Waals surface area (Å²) in [6.07, 6.45) is 0. The van der Waals surface area contributed by atoms with Gasteiger partial charge in [0.25, 0.3) is 0 Å². The van der Waals surface area contributed by atoms with Gasteiger partial charge in [-0.1, -0.05) is 0 Å². The molecule has 0 fully saturated rings. The Morgan fingerprint density at radius 2 is 2.18 bits per heavy atom. The Labute approximate surface area is 115 Å². The van der Waals surface area contributed by atoms with Crippen molar-refractivity contribution in [1.29, 1.82) is 0 Å². The Bertz CT molecular complexity index is 363. The van der Waals surface area contributed by atoms with Gasteiger partial charge in [-0.2, -0.15) is 0 Å². The highest BCUT2D eigenvalue weighted by atomic mass is 79.9. The summed E-state index contributed by atoms with van der Waals surface area (Å²) in [5, 5.41) is 5.34. The number of nitrogens with one attached hydrogen (secondary N) is 1. The van der Waals surface area contributed by atoms with Crippen molar-refractivity contribution in [1.82, 2.24) is 10.2 Å². The minimum Gasteiger partial charge on any atom is -0.342 e. The van der Waals surface area contributed by atoms with Crippen LogP contribution in [0, 0.1) is 0 Å². The molecule has 0 aromatic carbocycles. The molecule has 1 aromatic heterocycles. The molecule has 1 heterocycles. The van der Waals surface area contributed by atoms with Gasteiger partial charge < -0.3 is 10.2 Å². The van der Waals surface area contributed by atoms with Gasteiger partial charge in [-0.15, -0.1) is 11.3 Å². The maximum atomic E-state index is 12.0. The molecule has 5 heteroatoms. The average Bonchev–Trinajstić information content (AvgIpc) is 2.73. The molecule has 0 spiro atoms. The second-order valence-electron chi connectivity index (χ2n) is 3.87. The summed E-state index contributed by atoms with van der Waals surface area (Å²) in [6, 6.07) is 1.94. The average molecular weight is 319 g/mol. The molecule has 0 aliphatic rings. The number of thiophene rings is 1. The lowest BCUT2D eigenvalue weighted by Crippen LogP contribution is -2.44. The zero-order valence-electron chi connectivity index (χ0n) is 10.5. The quantitative estimate of drug-likeness (QED) is 0.874. The first kappa shape index (κ1) is 14.7. The van der Waals surface area contributed by atoms with E-state index in [-0.39, 0.29) is 11.9 Å². The van der Waals surface area contributed by atoms with Gasteiger partial charge in [-0.05, 0) is 53.7 Å². The van der Waals surface area contributed by atoms with Crippen molar-refractivity contribution in [3.05, 3.63) is 20.8 Å². The van der Waals surface area contributed by atoms with E-state index in [1.54, 1.807) is 11.3 Å². The highest BCUT2D eigenvalue weighted by Crippen LogP contribution is 2.20. The van der Waals surface area contributed by atoms with Gasteiger partial charge in [-0.25, -0.2) is 0 Å². The highest BCUT2D eigenvalue weighted by Gasteiger charge is 2.17. The SMILES string of the molecule is CCN(CC)C(=O)C(C)NCc1csc(Br)c1. The molecule has 1 atom stereocenters. The third kappa shape index (κ3) is 4.41. The standard InChI is InChI=1S/C12H19BrN2OS/c1-4-15(5-2)12(16)9(3)14-7-10-6-11(13)17-8-10/h6,8-9,14H,4-5,7H2,1-3H3. The van der Waals surface area contributed by atoms with Gasteiger partial charge >= 0.3 is 0 Å². The Kier molecular flexibility index (Phi) is 6.16. The molecule has 17 heavy (non-hydrogen) atoms. The number of carbonyl (C=O) groups is 1. The third-order valence-electron chi connectivity index (χ3n) is 2.68. The smallest absolute Gasteiger partial charge is 0.239 e. The van der Waals surface area contributed by atoms with Crippen LogP contribution in [0.25, 0.3) is 0 Å². The van der Waals surface area contributed by atoms with Crippen LogP contribution >= 0.6 is 27.3 Å². The van der Waals surface area contributed by atoms with Crippen LogP contribution in [0.3, 0.4) is 0 Å². The van der Waals surface area contributed by atoms with Crippen molar-refractivity contribution in [3.8, 4) is 0 Å². The molecule has 0 saturated carbocycles. The van der Waals surface area contributed by atoms with E-state index in [0.717, 1.165) is 23.4 Å². The zero-order chi connectivity index (χ0) is 12.8. The number of amides is 1. The van der Waals surface area contributed by atoms with E-state index in [9.17, 15) is 4.79 Å². The van der Waals surface area contributed by atoms with Crippen molar-refractivity contribution in [2.75, 3.05) is 13.1 Å². The van der Waals surface area contributed by atoms with Crippen LogP contribution in [0.1, 0.15) is 26.3 Å². The van der Waals surface area contributed by atoms with E-state index in [1.165, 1.54) is 5.56 Å². The second-order valence-corrected chi connectivity index (χ2v) is 6.16. The number of carbonyl (C=O) groups excluding carboxylic acids is 1. The van der Waals surface area contributed by atoms with Gasteiger partial charge in [-0.3, -0.25) is 4.79 Å². The van der Waals surface area contributed by atoms with Gasteiger partial charge in [0.15, 0.2) is 0 Å². The van der Waals surface area contributed by atoms with Crippen LogP contribution in [0.15, 0.2) is 15.2 Å². The van der Waals surface area contributed by atoms with Gasteiger partial charge in [0.2, 0.25) is 5.91 Å². The highest BCUT2D eigenvalue weighted by molar-refractivity contribution is 9.11. The predicted octanol–water partition coefficient (Wildman–Crippen LogP) is 2.86. The third-order valence-corrected chi connectivity index (χ3v) is 4.23. The Morgan fingerprint density at radius 3 is 2.65 bits per heavy atom. The molecule has 0 aliphatic heterocycles. The summed E-state index contributed by atoms with van der Waals surface area (Å²) in [4.78, 5) is 13.8. The van der Waals surface area contributed by atoms with Crippen LogP contribution < -0.4 is 5.32 Å². The lowest BCUT2D eigenvalue weighted by Gasteiger charge is -2.23. The fraction of sp³-hybridized carbons (Fsp3) is 0.583. The first-order valence-corrected chi connectivity index (χ1v) is 7.50. The zero-order valence-corrected chi connectivity index (χ0v) is 12.9.